The van der Waals surface area contributed by atoms with Crippen LogP contribution in [0.3, 0.4) is 0 Å². The Labute approximate surface area is 98.7 Å². The van der Waals surface area contributed by atoms with Gasteiger partial charge in [-0.3, -0.25) is 4.79 Å². The molecule has 0 aromatic carbocycles. The Hall–Kier alpha value is -2.24. The van der Waals surface area contributed by atoms with Crippen LogP contribution in [-0.4, -0.2) is 25.7 Å². The fourth-order valence-electron chi connectivity index (χ4n) is 1.31. The summed E-state index contributed by atoms with van der Waals surface area (Å²) in [5, 5.41) is 6.77. The highest BCUT2D eigenvalue weighted by Gasteiger charge is 2.00. The van der Waals surface area contributed by atoms with Crippen molar-refractivity contribution in [2.75, 3.05) is 0 Å². The third-order valence-corrected chi connectivity index (χ3v) is 2.27. The molecule has 2 rings (SSSR count). The molecule has 6 nitrogen and oxygen atoms in total. The van der Waals surface area contributed by atoms with Gasteiger partial charge in [0.15, 0.2) is 5.82 Å². The number of nitrogens with zero attached hydrogens (tertiary/aromatic N) is 4. The van der Waals surface area contributed by atoms with E-state index in [1.165, 1.54) is 6.33 Å². The number of nitrogens with one attached hydrogen (secondary N) is 1. The van der Waals surface area contributed by atoms with Crippen LogP contribution in [0.2, 0.25) is 0 Å². The van der Waals surface area contributed by atoms with Gasteiger partial charge in [-0.2, -0.15) is 5.10 Å². The molecule has 2 aromatic rings. The minimum Gasteiger partial charge on any atom is -0.352 e. The van der Waals surface area contributed by atoms with Crippen LogP contribution in [0.15, 0.2) is 31.0 Å². The molecule has 2 heterocycles. The minimum absolute atomic E-state index is 0.0327. The van der Waals surface area contributed by atoms with Gasteiger partial charge in [0.2, 0.25) is 5.91 Å². The summed E-state index contributed by atoms with van der Waals surface area (Å²) in [7, 11) is 0. The molecule has 0 saturated carbocycles. The van der Waals surface area contributed by atoms with Gasteiger partial charge in [0.05, 0.1) is 0 Å². The monoisotopic (exact) mass is 231 g/mol. The van der Waals surface area contributed by atoms with Crippen LogP contribution >= 0.6 is 0 Å². The number of carbonyl (C=O) groups is 1. The summed E-state index contributed by atoms with van der Waals surface area (Å²) < 4.78 is 1.58. The number of hydrogen-bond donors (Lipinski definition) is 1. The molecule has 6 heteroatoms. The van der Waals surface area contributed by atoms with Crippen LogP contribution in [0.5, 0.6) is 0 Å². The standard InChI is InChI=1S/C11H13N5O/c1-2-11(17)14-6-9-3-4-10(13-5-9)16-8-12-7-15-16/h3-5,7-8H,2,6H2,1H3,(H,14,17). The second-order valence-electron chi connectivity index (χ2n) is 3.49. The van der Waals surface area contributed by atoms with Crippen molar-refractivity contribution in [1.29, 1.82) is 0 Å². The summed E-state index contributed by atoms with van der Waals surface area (Å²) in [6.45, 7) is 2.32. The van der Waals surface area contributed by atoms with Gasteiger partial charge in [-0.05, 0) is 11.6 Å². The Bertz CT molecular complexity index is 477. The number of carbonyl (C=O) groups excluding carboxylic acids is 1. The van der Waals surface area contributed by atoms with E-state index < -0.39 is 0 Å². The summed E-state index contributed by atoms with van der Waals surface area (Å²) in [5.41, 5.74) is 0.954. The maximum absolute atomic E-state index is 11.1. The van der Waals surface area contributed by atoms with E-state index in [1.807, 2.05) is 19.1 Å². The van der Waals surface area contributed by atoms with Crippen molar-refractivity contribution in [3.05, 3.63) is 36.5 Å². The molecule has 0 fully saturated rings. The van der Waals surface area contributed by atoms with Crippen LogP contribution in [-0.2, 0) is 11.3 Å². The van der Waals surface area contributed by atoms with E-state index in [1.54, 1.807) is 17.2 Å². The third kappa shape index (κ3) is 2.87. The van der Waals surface area contributed by atoms with Crippen LogP contribution in [0, 0.1) is 0 Å². The average Bonchev–Trinajstić information content (AvgIpc) is 2.90. The topological polar surface area (TPSA) is 72.7 Å². The molecule has 0 atom stereocenters. The van der Waals surface area contributed by atoms with Crippen molar-refractivity contribution in [2.45, 2.75) is 19.9 Å². The van der Waals surface area contributed by atoms with Crippen LogP contribution in [0.4, 0.5) is 0 Å². The Morgan fingerprint density at radius 1 is 1.47 bits per heavy atom. The molecule has 0 aliphatic rings. The Balaban J connectivity index is 2.01. The van der Waals surface area contributed by atoms with Gasteiger partial charge in [-0.1, -0.05) is 13.0 Å². The van der Waals surface area contributed by atoms with Gasteiger partial charge in [0.1, 0.15) is 12.7 Å². The summed E-state index contributed by atoms with van der Waals surface area (Å²) in [6.07, 6.45) is 5.25. The fourth-order valence-corrected chi connectivity index (χ4v) is 1.31. The molecule has 1 N–H and O–H groups in total. The highest BCUT2D eigenvalue weighted by atomic mass is 16.1. The van der Waals surface area contributed by atoms with Crippen LogP contribution in [0.25, 0.3) is 5.82 Å². The second-order valence-corrected chi connectivity index (χ2v) is 3.49. The quantitative estimate of drug-likeness (QED) is 0.840. The van der Waals surface area contributed by atoms with E-state index in [-0.39, 0.29) is 5.91 Å². The summed E-state index contributed by atoms with van der Waals surface area (Å²) in [6, 6.07) is 3.74. The maximum atomic E-state index is 11.1. The molecule has 0 spiro atoms. The average molecular weight is 231 g/mol. The van der Waals surface area contributed by atoms with Gasteiger partial charge in [0, 0.05) is 19.2 Å². The van der Waals surface area contributed by atoms with Gasteiger partial charge in [-0.25, -0.2) is 14.6 Å². The molecule has 17 heavy (non-hydrogen) atoms. The van der Waals surface area contributed by atoms with E-state index in [0.717, 1.165) is 5.56 Å². The van der Waals surface area contributed by atoms with Crippen molar-refractivity contribution < 1.29 is 4.79 Å². The number of pyridine rings is 1. The summed E-state index contributed by atoms with van der Waals surface area (Å²) in [5.74, 6) is 0.735. The van der Waals surface area contributed by atoms with Gasteiger partial charge < -0.3 is 5.32 Å². The SMILES string of the molecule is CCC(=O)NCc1ccc(-n2cncn2)nc1. The highest BCUT2D eigenvalue weighted by Crippen LogP contribution is 2.03. The molecule has 0 bridgehead atoms. The van der Waals surface area contributed by atoms with Crippen molar-refractivity contribution >= 4 is 5.91 Å². The van der Waals surface area contributed by atoms with Crippen LogP contribution < -0.4 is 5.32 Å². The van der Waals surface area contributed by atoms with Crippen molar-refractivity contribution in [3.63, 3.8) is 0 Å². The molecule has 0 aliphatic carbocycles. The molecular weight excluding hydrogens is 218 g/mol. The van der Waals surface area contributed by atoms with Crippen LogP contribution in [0.1, 0.15) is 18.9 Å². The smallest absolute Gasteiger partial charge is 0.219 e. The molecule has 1 amide bonds. The first-order valence-electron chi connectivity index (χ1n) is 5.36. The minimum atomic E-state index is 0.0327. The first-order chi connectivity index (χ1) is 8.29. The predicted molar refractivity (Wildman–Crippen MR) is 61.3 cm³/mol. The van der Waals surface area contributed by atoms with Crippen molar-refractivity contribution in [1.82, 2.24) is 25.1 Å². The Kier molecular flexibility index (Phi) is 3.44. The zero-order chi connectivity index (χ0) is 12.1. The Morgan fingerprint density at radius 3 is 2.94 bits per heavy atom. The lowest BCUT2D eigenvalue weighted by Crippen LogP contribution is -2.21. The van der Waals surface area contributed by atoms with Gasteiger partial charge in [-0.15, -0.1) is 0 Å². The number of amides is 1. The van der Waals surface area contributed by atoms with E-state index in [2.05, 4.69) is 20.4 Å². The van der Waals surface area contributed by atoms with Gasteiger partial charge >= 0.3 is 0 Å². The van der Waals surface area contributed by atoms with E-state index in [9.17, 15) is 4.79 Å². The van der Waals surface area contributed by atoms with Crippen molar-refractivity contribution in [3.8, 4) is 5.82 Å². The third-order valence-electron chi connectivity index (χ3n) is 2.27. The lowest BCUT2D eigenvalue weighted by atomic mass is 10.3. The van der Waals surface area contributed by atoms with Gasteiger partial charge in [0.25, 0.3) is 0 Å². The van der Waals surface area contributed by atoms with E-state index in [4.69, 9.17) is 0 Å². The molecule has 0 radical (unpaired) electrons. The molecule has 0 saturated heterocycles. The van der Waals surface area contributed by atoms with E-state index >= 15 is 0 Å². The zero-order valence-corrected chi connectivity index (χ0v) is 9.50. The first-order valence-corrected chi connectivity index (χ1v) is 5.36. The largest absolute Gasteiger partial charge is 0.352 e. The lowest BCUT2D eigenvalue weighted by molar-refractivity contribution is -0.120. The summed E-state index contributed by atoms with van der Waals surface area (Å²) >= 11 is 0. The molecule has 88 valence electrons. The molecule has 0 aliphatic heterocycles. The molecular formula is C11H13N5O. The first kappa shape index (κ1) is 11.3. The number of hydrogen-bond acceptors (Lipinski definition) is 4. The normalized spacial score (nSPS) is 10.2. The second kappa shape index (κ2) is 5.20. The predicted octanol–water partition coefficient (Wildman–Crippen LogP) is 0.688. The highest BCUT2D eigenvalue weighted by molar-refractivity contribution is 5.75. The number of aromatic nitrogens is 4. The zero-order valence-electron chi connectivity index (χ0n) is 9.50. The maximum Gasteiger partial charge on any atom is 0.219 e. The molecule has 2 aromatic heterocycles. The summed E-state index contributed by atoms with van der Waals surface area (Å²) in [4.78, 5) is 19.2. The van der Waals surface area contributed by atoms with Crippen molar-refractivity contribution in [2.24, 2.45) is 0 Å². The number of rotatable bonds is 4. The fraction of sp³-hybridized carbons (Fsp3) is 0.273. The molecule has 0 unspecified atom stereocenters. The lowest BCUT2D eigenvalue weighted by Gasteiger charge is -2.04. The Morgan fingerprint density at radius 2 is 2.35 bits per heavy atom. The van der Waals surface area contributed by atoms with E-state index in [0.29, 0.717) is 18.8 Å².